The van der Waals surface area contributed by atoms with Crippen molar-refractivity contribution >= 4 is 23.1 Å². The van der Waals surface area contributed by atoms with Gasteiger partial charge in [0.15, 0.2) is 0 Å². The molecular formula is C22H23FN4O2. The molecule has 1 aromatic carbocycles. The van der Waals surface area contributed by atoms with Gasteiger partial charge >= 0.3 is 0 Å². The van der Waals surface area contributed by atoms with E-state index in [9.17, 15) is 14.0 Å². The normalized spacial score (nSPS) is 14.2. The quantitative estimate of drug-likeness (QED) is 0.665. The molecule has 0 atom stereocenters. The number of benzene rings is 1. The van der Waals surface area contributed by atoms with Crippen LogP contribution in [-0.4, -0.2) is 21.2 Å². The summed E-state index contributed by atoms with van der Waals surface area (Å²) in [6, 6.07) is 7.87. The molecule has 7 heteroatoms. The summed E-state index contributed by atoms with van der Waals surface area (Å²) in [5, 5.41) is 5.40. The zero-order chi connectivity index (χ0) is 20.2. The van der Waals surface area contributed by atoms with Gasteiger partial charge in [-0.05, 0) is 54.7 Å². The largest absolute Gasteiger partial charge is 0.348 e. The van der Waals surface area contributed by atoms with E-state index in [4.69, 9.17) is 0 Å². The Hall–Kier alpha value is -3.22. The molecule has 2 N–H and O–H groups in total. The number of amides is 2. The third-order valence-corrected chi connectivity index (χ3v) is 5.37. The van der Waals surface area contributed by atoms with Crippen LogP contribution in [-0.2, 0) is 11.3 Å². The minimum atomic E-state index is -0.615. The van der Waals surface area contributed by atoms with Crippen LogP contribution in [0.25, 0.3) is 5.65 Å². The van der Waals surface area contributed by atoms with Gasteiger partial charge in [-0.3, -0.25) is 9.59 Å². The van der Waals surface area contributed by atoms with Crippen LogP contribution in [0.1, 0.15) is 48.0 Å². The lowest BCUT2D eigenvalue weighted by Gasteiger charge is -2.11. The highest BCUT2D eigenvalue weighted by atomic mass is 19.1. The summed E-state index contributed by atoms with van der Waals surface area (Å²) in [5.74, 6) is -0.779. The summed E-state index contributed by atoms with van der Waals surface area (Å²) in [6.45, 7) is 0.309. The first kappa shape index (κ1) is 19.1. The van der Waals surface area contributed by atoms with Gasteiger partial charge in [0.1, 0.15) is 11.5 Å². The smallest absolute Gasteiger partial charge is 0.251 e. The number of carbonyl (C=O) groups is 2. The van der Waals surface area contributed by atoms with Gasteiger partial charge in [-0.15, -0.1) is 0 Å². The van der Waals surface area contributed by atoms with E-state index in [2.05, 4.69) is 15.6 Å². The van der Waals surface area contributed by atoms with Gasteiger partial charge in [-0.25, -0.2) is 9.37 Å². The van der Waals surface area contributed by atoms with Gasteiger partial charge in [0.25, 0.3) is 5.91 Å². The van der Waals surface area contributed by atoms with Gasteiger partial charge in [0, 0.05) is 37.1 Å². The third-order valence-electron chi connectivity index (χ3n) is 5.37. The Labute approximate surface area is 168 Å². The van der Waals surface area contributed by atoms with Crippen LogP contribution in [0.4, 0.5) is 10.1 Å². The highest BCUT2D eigenvalue weighted by molar-refractivity contribution is 5.96. The van der Waals surface area contributed by atoms with E-state index in [1.165, 1.54) is 12.1 Å². The van der Waals surface area contributed by atoms with Crippen LogP contribution >= 0.6 is 0 Å². The van der Waals surface area contributed by atoms with Crippen molar-refractivity contribution in [2.75, 3.05) is 5.32 Å². The number of hydrogen-bond acceptors (Lipinski definition) is 3. The highest BCUT2D eigenvalue weighted by Gasteiger charge is 2.19. The molecule has 29 heavy (non-hydrogen) atoms. The summed E-state index contributed by atoms with van der Waals surface area (Å²) < 4.78 is 16.3. The van der Waals surface area contributed by atoms with Crippen molar-refractivity contribution in [2.24, 2.45) is 5.92 Å². The van der Waals surface area contributed by atoms with E-state index in [0.717, 1.165) is 43.0 Å². The zero-order valence-electron chi connectivity index (χ0n) is 16.0. The van der Waals surface area contributed by atoms with Gasteiger partial charge in [-0.2, -0.15) is 0 Å². The molecule has 1 saturated carbocycles. The predicted molar refractivity (Wildman–Crippen MR) is 108 cm³/mol. The monoisotopic (exact) mass is 394 g/mol. The summed E-state index contributed by atoms with van der Waals surface area (Å²) in [4.78, 5) is 28.7. The van der Waals surface area contributed by atoms with Crippen LogP contribution in [0.3, 0.4) is 0 Å². The van der Waals surface area contributed by atoms with Crippen molar-refractivity contribution in [1.29, 1.82) is 0 Å². The van der Waals surface area contributed by atoms with Gasteiger partial charge < -0.3 is 15.0 Å². The van der Waals surface area contributed by atoms with Crippen LogP contribution in [0.15, 0.2) is 48.9 Å². The summed E-state index contributed by atoms with van der Waals surface area (Å²) in [7, 11) is 0. The Bertz CT molecular complexity index is 1040. The number of imidazole rings is 1. The van der Waals surface area contributed by atoms with Crippen LogP contribution in [0, 0.1) is 11.7 Å². The number of carbonyl (C=O) groups excluding carboxylic acids is 2. The van der Waals surface area contributed by atoms with Crippen LogP contribution in [0.2, 0.25) is 0 Å². The lowest BCUT2D eigenvalue weighted by molar-refractivity contribution is -0.117. The fourth-order valence-electron chi connectivity index (χ4n) is 3.78. The molecule has 1 aliphatic rings. The standard InChI is InChI=1S/C22H23FN4O2/c23-18-13-17(5-6-19(18)26-21(28)12-15-3-1-2-4-15)22(29)25-14-16-7-9-27-10-8-24-20(27)11-16/h5-11,13,15H,1-4,12,14H2,(H,25,29)(H,26,28). The Kier molecular flexibility index (Phi) is 5.55. The zero-order valence-corrected chi connectivity index (χ0v) is 16.0. The average Bonchev–Trinajstić information content (AvgIpc) is 3.38. The molecule has 0 saturated heterocycles. The van der Waals surface area contributed by atoms with Gasteiger partial charge in [0.2, 0.25) is 5.91 Å². The summed E-state index contributed by atoms with van der Waals surface area (Å²) in [5.41, 5.74) is 2.00. The molecule has 0 unspecified atom stereocenters. The molecule has 150 valence electrons. The molecule has 1 fully saturated rings. The number of nitrogens with one attached hydrogen (secondary N) is 2. The molecule has 2 amide bonds. The first-order valence-electron chi connectivity index (χ1n) is 9.88. The average molecular weight is 394 g/mol. The van der Waals surface area contributed by atoms with Crippen LogP contribution in [0.5, 0.6) is 0 Å². The summed E-state index contributed by atoms with van der Waals surface area (Å²) >= 11 is 0. The maximum atomic E-state index is 14.4. The minimum Gasteiger partial charge on any atom is -0.348 e. The molecular weight excluding hydrogens is 371 g/mol. The molecule has 2 aromatic heterocycles. The molecule has 0 spiro atoms. The molecule has 3 aromatic rings. The van der Waals surface area contributed by atoms with Crippen molar-refractivity contribution in [3.63, 3.8) is 0 Å². The van der Waals surface area contributed by atoms with Gasteiger partial charge in [-0.1, -0.05) is 12.8 Å². The van der Waals surface area contributed by atoms with Crippen molar-refractivity contribution in [1.82, 2.24) is 14.7 Å². The first-order chi connectivity index (χ1) is 14.1. The second-order valence-electron chi connectivity index (χ2n) is 7.51. The molecule has 6 nitrogen and oxygen atoms in total. The van der Waals surface area contributed by atoms with Crippen molar-refractivity contribution in [3.05, 3.63) is 65.9 Å². The van der Waals surface area contributed by atoms with E-state index in [1.807, 2.05) is 28.9 Å². The lowest BCUT2D eigenvalue weighted by Crippen LogP contribution is -2.23. The van der Waals surface area contributed by atoms with E-state index >= 15 is 0 Å². The number of hydrogen-bond donors (Lipinski definition) is 2. The fraction of sp³-hybridized carbons (Fsp3) is 0.318. The molecule has 2 heterocycles. The number of pyridine rings is 1. The number of aromatic nitrogens is 2. The number of anilines is 1. The Balaban J connectivity index is 1.34. The SMILES string of the molecule is O=C(CC1CCCC1)Nc1ccc(C(=O)NCc2ccn3ccnc3c2)cc1F. The molecule has 4 rings (SSSR count). The second kappa shape index (κ2) is 8.43. The topological polar surface area (TPSA) is 75.5 Å². The number of halogens is 1. The molecule has 0 aliphatic heterocycles. The minimum absolute atomic E-state index is 0.106. The highest BCUT2D eigenvalue weighted by Crippen LogP contribution is 2.28. The van der Waals surface area contributed by atoms with Crippen molar-refractivity contribution < 1.29 is 14.0 Å². The van der Waals surface area contributed by atoms with E-state index in [-0.39, 0.29) is 23.1 Å². The summed E-state index contributed by atoms with van der Waals surface area (Å²) in [6.07, 6.45) is 10.3. The first-order valence-corrected chi connectivity index (χ1v) is 9.88. The predicted octanol–water partition coefficient (Wildman–Crippen LogP) is 3.92. The number of nitrogens with zero attached hydrogens (tertiary/aromatic N) is 2. The third kappa shape index (κ3) is 4.62. The van der Waals surface area contributed by atoms with Gasteiger partial charge in [0.05, 0.1) is 5.69 Å². The van der Waals surface area contributed by atoms with Crippen molar-refractivity contribution in [3.8, 4) is 0 Å². The Morgan fingerprint density at radius 2 is 1.97 bits per heavy atom. The maximum absolute atomic E-state index is 14.4. The van der Waals surface area contributed by atoms with E-state index in [1.54, 1.807) is 6.20 Å². The molecule has 1 aliphatic carbocycles. The fourth-order valence-corrected chi connectivity index (χ4v) is 3.78. The number of rotatable bonds is 6. The Morgan fingerprint density at radius 3 is 2.76 bits per heavy atom. The van der Waals surface area contributed by atoms with E-state index in [0.29, 0.717) is 18.9 Å². The number of fused-ring (bicyclic) bond motifs is 1. The molecule has 0 radical (unpaired) electrons. The van der Waals surface area contributed by atoms with Crippen LogP contribution < -0.4 is 10.6 Å². The van der Waals surface area contributed by atoms with E-state index < -0.39 is 5.82 Å². The molecule has 0 bridgehead atoms. The second-order valence-corrected chi connectivity index (χ2v) is 7.51. The lowest BCUT2D eigenvalue weighted by atomic mass is 10.0. The maximum Gasteiger partial charge on any atom is 0.251 e. The van der Waals surface area contributed by atoms with Crippen molar-refractivity contribution in [2.45, 2.75) is 38.6 Å². The Morgan fingerprint density at radius 1 is 1.14 bits per heavy atom.